The fourth-order valence-corrected chi connectivity index (χ4v) is 4.65. The lowest BCUT2D eigenvalue weighted by Crippen LogP contribution is -2.49. The Hall–Kier alpha value is -1.77. The van der Waals surface area contributed by atoms with Gasteiger partial charge in [-0.2, -0.15) is 9.40 Å². The summed E-state index contributed by atoms with van der Waals surface area (Å²) < 4.78 is 42.5. The fraction of sp³-hybridized carbons (Fsp3) is 0.400. The van der Waals surface area contributed by atoms with Gasteiger partial charge in [-0.25, -0.2) is 12.8 Å². The molecule has 124 valence electrons. The van der Waals surface area contributed by atoms with E-state index in [0.29, 0.717) is 31.7 Å². The smallest absolute Gasteiger partial charge is 0.260 e. The van der Waals surface area contributed by atoms with Gasteiger partial charge in [0.1, 0.15) is 5.82 Å². The Kier molecular flexibility index (Phi) is 4.47. The standard InChI is InChI=1S/C15H19FN4O2S/c1-2-19-15(6-7-18-19)23(21,22)20-9-8-17-11-14(20)12-4-3-5-13(16)10-12/h3-7,10,14,17H,2,8-9,11H2,1H3. The van der Waals surface area contributed by atoms with Gasteiger partial charge in [-0.3, -0.25) is 4.68 Å². The van der Waals surface area contributed by atoms with Crippen molar-refractivity contribution >= 4 is 10.0 Å². The molecule has 0 saturated carbocycles. The predicted octanol–water partition coefficient (Wildman–Crippen LogP) is 1.38. The first-order valence-corrected chi connectivity index (χ1v) is 8.98. The molecule has 0 aliphatic carbocycles. The summed E-state index contributed by atoms with van der Waals surface area (Å²) >= 11 is 0. The zero-order chi connectivity index (χ0) is 16.4. The van der Waals surface area contributed by atoms with Crippen LogP contribution in [0.5, 0.6) is 0 Å². The normalized spacial score (nSPS) is 19.8. The van der Waals surface area contributed by atoms with Gasteiger partial charge in [-0.1, -0.05) is 12.1 Å². The molecule has 1 saturated heterocycles. The molecule has 1 aliphatic rings. The van der Waals surface area contributed by atoms with E-state index in [2.05, 4.69) is 10.4 Å². The first-order valence-electron chi connectivity index (χ1n) is 7.54. The summed E-state index contributed by atoms with van der Waals surface area (Å²) in [6.45, 7) is 3.65. The van der Waals surface area contributed by atoms with Crippen molar-refractivity contribution in [1.29, 1.82) is 0 Å². The van der Waals surface area contributed by atoms with E-state index in [1.54, 1.807) is 12.1 Å². The number of hydrogen-bond donors (Lipinski definition) is 1. The molecule has 1 fully saturated rings. The van der Waals surface area contributed by atoms with E-state index in [4.69, 9.17) is 0 Å². The van der Waals surface area contributed by atoms with Gasteiger partial charge in [0.05, 0.1) is 12.2 Å². The highest BCUT2D eigenvalue weighted by atomic mass is 32.2. The van der Waals surface area contributed by atoms with E-state index in [1.165, 1.54) is 33.4 Å². The maximum Gasteiger partial charge on any atom is 0.260 e. The van der Waals surface area contributed by atoms with Crippen molar-refractivity contribution in [3.05, 3.63) is 47.9 Å². The number of nitrogens with zero attached hydrogens (tertiary/aromatic N) is 3. The Bertz CT molecular complexity index is 790. The molecule has 1 unspecified atom stereocenters. The average molecular weight is 338 g/mol. The molecule has 0 radical (unpaired) electrons. The molecular formula is C15H19FN4O2S. The molecule has 1 aliphatic heterocycles. The minimum Gasteiger partial charge on any atom is -0.313 e. The molecule has 6 nitrogen and oxygen atoms in total. The molecule has 0 spiro atoms. The van der Waals surface area contributed by atoms with Gasteiger partial charge < -0.3 is 5.32 Å². The second kappa shape index (κ2) is 6.38. The van der Waals surface area contributed by atoms with Crippen LogP contribution in [0.1, 0.15) is 18.5 Å². The highest BCUT2D eigenvalue weighted by molar-refractivity contribution is 7.89. The van der Waals surface area contributed by atoms with Crippen molar-refractivity contribution < 1.29 is 12.8 Å². The highest BCUT2D eigenvalue weighted by Gasteiger charge is 2.36. The van der Waals surface area contributed by atoms with Crippen LogP contribution in [0, 0.1) is 5.82 Å². The topological polar surface area (TPSA) is 67.2 Å². The lowest BCUT2D eigenvalue weighted by molar-refractivity contribution is 0.269. The number of hydrogen-bond acceptors (Lipinski definition) is 4. The third-order valence-electron chi connectivity index (χ3n) is 3.98. The molecule has 2 heterocycles. The second-order valence-electron chi connectivity index (χ2n) is 5.38. The fourth-order valence-electron chi connectivity index (χ4n) is 2.87. The molecule has 8 heteroatoms. The summed E-state index contributed by atoms with van der Waals surface area (Å²) in [7, 11) is -3.70. The van der Waals surface area contributed by atoms with Gasteiger partial charge in [-0.05, 0) is 30.7 Å². The van der Waals surface area contributed by atoms with Crippen LogP contribution in [-0.2, 0) is 16.6 Å². The number of nitrogens with one attached hydrogen (secondary N) is 1. The van der Waals surface area contributed by atoms with Gasteiger partial charge in [0.2, 0.25) is 0 Å². The van der Waals surface area contributed by atoms with Crippen molar-refractivity contribution in [3.8, 4) is 0 Å². The minimum absolute atomic E-state index is 0.170. The monoisotopic (exact) mass is 338 g/mol. The van der Waals surface area contributed by atoms with Gasteiger partial charge in [0.25, 0.3) is 10.0 Å². The molecular weight excluding hydrogens is 319 g/mol. The van der Waals surface area contributed by atoms with Gasteiger partial charge in [0.15, 0.2) is 5.03 Å². The van der Waals surface area contributed by atoms with Crippen molar-refractivity contribution in [2.24, 2.45) is 0 Å². The van der Waals surface area contributed by atoms with Crippen molar-refractivity contribution in [2.45, 2.75) is 24.5 Å². The molecule has 23 heavy (non-hydrogen) atoms. The van der Waals surface area contributed by atoms with E-state index in [9.17, 15) is 12.8 Å². The molecule has 1 N–H and O–H groups in total. The lowest BCUT2D eigenvalue weighted by Gasteiger charge is -2.35. The van der Waals surface area contributed by atoms with Crippen LogP contribution in [0.4, 0.5) is 4.39 Å². The van der Waals surface area contributed by atoms with Crippen molar-refractivity contribution in [1.82, 2.24) is 19.4 Å². The van der Waals surface area contributed by atoms with Crippen LogP contribution in [0.25, 0.3) is 0 Å². The van der Waals surface area contributed by atoms with E-state index in [-0.39, 0.29) is 10.8 Å². The molecule has 0 bridgehead atoms. The largest absolute Gasteiger partial charge is 0.313 e. The number of aromatic nitrogens is 2. The molecule has 0 amide bonds. The van der Waals surface area contributed by atoms with Crippen LogP contribution in [0.3, 0.4) is 0 Å². The van der Waals surface area contributed by atoms with E-state index >= 15 is 0 Å². The molecule has 1 aromatic carbocycles. The van der Waals surface area contributed by atoms with Crippen LogP contribution < -0.4 is 5.32 Å². The first kappa shape index (κ1) is 16.1. The Morgan fingerprint density at radius 3 is 2.96 bits per heavy atom. The van der Waals surface area contributed by atoms with Crippen LogP contribution >= 0.6 is 0 Å². The van der Waals surface area contributed by atoms with Crippen LogP contribution in [-0.4, -0.2) is 42.1 Å². The molecule has 2 aromatic rings. The number of halogens is 1. The summed E-state index contributed by atoms with van der Waals surface area (Å²) in [6, 6.07) is 7.15. The number of aryl methyl sites for hydroxylation is 1. The van der Waals surface area contributed by atoms with Crippen molar-refractivity contribution in [3.63, 3.8) is 0 Å². The summed E-state index contributed by atoms with van der Waals surface area (Å²) in [5.74, 6) is -0.371. The highest BCUT2D eigenvalue weighted by Crippen LogP contribution is 2.29. The summed E-state index contributed by atoms with van der Waals surface area (Å²) in [6.07, 6.45) is 1.48. The van der Waals surface area contributed by atoms with Crippen molar-refractivity contribution in [2.75, 3.05) is 19.6 Å². The maximum atomic E-state index is 13.5. The summed E-state index contributed by atoms with van der Waals surface area (Å²) in [5, 5.41) is 7.39. The first-order chi connectivity index (χ1) is 11.0. The van der Waals surface area contributed by atoms with Gasteiger partial charge in [-0.15, -0.1) is 0 Å². The number of benzene rings is 1. The average Bonchev–Trinajstić information content (AvgIpc) is 3.04. The third kappa shape index (κ3) is 3.01. The van der Waals surface area contributed by atoms with E-state index < -0.39 is 16.1 Å². The second-order valence-corrected chi connectivity index (χ2v) is 7.21. The van der Waals surface area contributed by atoms with E-state index in [0.717, 1.165) is 0 Å². The summed E-state index contributed by atoms with van der Waals surface area (Å²) in [5.41, 5.74) is 0.642. The predicted molar refractivity (Wildman–Crippen MR) is 83.8 cm³/mol. The van der Waals surface area contributed by atoms with Gasteiger partial charge >= 0.3 is 0 Å². The minimum atomic E-state index is -3.70. The Balaban J connectivity index is 2.01. The third-order valence-corrected chi connectivity index (χ3v) is 5.91. The lowest BCUT2D eigenvalue weighted by atomic mass is 10.1. The Morgan fingerprint density at radius 2 is 2.22 bits per heavy atom. The van der Waals surface area contributed by atoms with Crippen LogP contribution in [0.15, 0.2) is 41.6 Å². The maximum absolute atomic E-state index is 13.5. The molecule has 3 rings (SSSR count). The Labute approximate surface area is 135 Å². The Morgan fingerprint density at radius 1 is 1.39 bits per heavy atom. The van der Waals surface area contributed by atoms with E-state index in [1.807, 2.05) is 6.92 Å². The zero-order valence-electron chi connectivity index (χ0n) is 12.8. The number of rotatable bonds is 4. The quantitative estimate of drug-likeness (QED) is 0.914. The molecule has 1 aromatic heterocycles. The van der Waals surface area contributed by atoms with Gasteiger partial charge in [0, 0.05) is 26.2 Å². The SMILES string of the molecule is CCn1nccc1S(=O)(=O)N1CCNCC1c1cccc(F)c1. The van der Waals surface area contributed by atoms with Crippen LogP contribution in [0.2, 0.25) is 0 Å². The molecule has 1 atom stereocenters. The summed E-state index contributed by atoms with van der Waals surface area (Å²) in [4.78, 5) is 0. The zero-order valence-corrected chi connectivity index (χ0v) is 13.6. The number of piperazine rings is 1. The number of sulfonamides is 1.